The second-order valence-corrected chi connectivity index (χ2v) is 10.2. The van der Waals surface area contributed by atoms with Gasteiger partial charge in [0.1, 0.15) is 16.9 Å². The summed E-state index contributed by atoms with van der Waals surface area (Å²) in [4.78, 5) is 47.1. The zero-order valence-electron chi connectivity index (χ0n) is 21.6. The Bertz CT molecular complexity index is 1530. The van der Waals surface area contributed by atoms with Gasteiger partial charge in [0.25, 0.3) is 11.8 Å². The fraction of sp³-hybridized carbons (Fsp3) is 0.241. The number of amides is 3. The van der Waals surface area contributed by atoms with Crippen LogP contribution in [0.4, 0.5) is 10.1 Å². The monoisotopic (exact) mass is 547 g/mol. The number of methoxy groups -OCH3 is 2. The first kappa shape index (κ1) is 26.6. The van der Waals surface area contributed by atoms with E-state index < -0.39 is 35.9 Å². The Labute approximate surface area is 228 Å². The number of carbonyl (C=O) groups excluding carboxylic acids is 3. The van der Waals surface area contributed by atoms with E-state index in [9.17, 15) is 18.8 Å². The van der Waals surface area contributed by atoms with Gasteiger partial charge in [-0.1, -0.05) is 6.07 Å². The maximum Gasteiger partial charge on any atom is 0.257 e. The van der Waals surface area contributed by atoms with Crippen LogP contribution < -0.4 is 4.90 Å². The fourth-order valence-electron chi connectivity index (χ4n) is 4.55. The molecule has 1 aliphatic rings. The Morgan fingerprint density at radius 1 is 1.08 bits per heavy atom. The maximum atomic E-state index is 13.6. The van der Waals surface area contributed by atoms with Crippen LogP contribution >= 0.6 is 11.3 Å². The SMILES string of the molecule is COC(CN(C(=O)c1ccc(F)cc1)C1CC(=O)N(c2ccc(-c3nc4ccc(C)cc4s3)cc2)C1=O)OC. The Kier molecular flexibility index (Phi) is 7.51. The summed E-state index contributed by atoms with van der Waals surface area (Å²) in [6, 6.07) is 17.0. The minimum atomic E-state index is -1.07. The van der Waals surface area contributed by atoms with Crippen molar-refractivity contribution in [3.8, 4) is 10.6 Å². The van der Waals surface area contributed by atoms with E-state index >= 15 is 0 Å². The van der Waals surface area contributed by atoms with Gasteiger partial charge in [-0.2, -0.15) is 0 Å². The number of carbonyl (C=O) groups is 3. The third-order valence-corrected chi connectivity index (χ3v) is 7.71. The number of aromatic nitrogens is 1. The molecule has 0 N–H and O–H groups in total. The summed E-state index contributed by atoms with van der Waals surface area (Å²) in [5.41, 5.74) is 3.51. The highest BCUT2D eigenvalue weighted by atomic mass is 32.1. The topological polar surface area (TPSA) is 89.0 Å². The minimum Gasteiger partial charge on any atom is -0.354 e. The standard InChI is InChI=1S/C29H26FN3O5S/c1-17-4-13-22-24(14-17)39-27(31-22)18-7-11-21(12-8-18)33-25(34)15-23(29(33)36)32(16-26(37-2)38-3)28(35)19-5-9-20(30)10-6-19/h4-14,23,26H,15-16H2,1-3H3. The van der Waals surface area contributed by atoms with E-state index in [0.717, 1.165) is 43.4 Å². The highest BCUT2D eigenvalue weighted by molar-refractivity contribution is 7.21. The molecule has 1 aromatic heterocycles. The lowest BCUT2D eigenvalue weighted by Crippen LogP contribution is -2.49. The van der Waals surface area contributed by atoms with E-state index in [1.54, 1.807) is 23.5 Å². The van der Waals surface area contributed by atoms with Crippen LogP contribution in [-0.2, 0) is 19.1 Å². The molecule has 0 spiro atoms. The predicted molar refractivity (Wildman–Crippen MR) is 146 cm³/mol. The molecule has 1 fully saturated rings. The number of imide groups is 1. The molecule has 10 heteroatoms. The number of rotatable bonds is 8. The van der Waals surface area contributed by atoms with Crippen LogP contribution in [0.2, 0.25) is 0 Å². The molecule has 2 heterocycles. The molecule has 0 bridgehead atoms. The van der Waals surface area contributed by atoms with Crippen molar-refractivity contribution in [2.45, 2.75) is 25.7 Å². The summed E-state index contributed by atoms with van der Waals surface area (Å²) in [6.07, 6.45) is -1.03. The molecule has 1 atom stereocenters. The molecule has 8 nitrogen and oxygen atoms in total. The zero-order chi connectivity index (χ0) is 27.7. The van der Waals surface area contributed by atoms with Crippen molar-refractivity contribution in [1.29, 1.82) is 0 Å². The van der Waals surface area contributed by atoms with Gasteiger partial charge in [-0.3, -0.25) is 14.4 Å². The summed E-state index contributed by atoms with van der Waals surface area (Å²) >= 11 is 1.57. The van der Waals surface area contributed by atoms with Gasteiger partial charge in [0.2, 0.25) is 5.91 Å². The lowest BCUT2D eigenvalue weighted by Gasteiger charge is -2.30. The number of anilines is 1. The Hall–Kier alpha value is -3.99. The molecule has 1 aliphatic heterocycles. The van der Waals surface area contributed by atoms with E-state index in [2.05, 4.69) is 6.07 Å². The third kappa shape index (κ3) is 5.31. The lowest BCUT2D eigenvalue weighted by molar-refractivity contribution is -0.128. The molecule has 1 unspecified atom stereocenters. The van der Waals surface area contributed by atoms with Crippen LogP contribution in [0.5, 0.6) is 0 Å². The first-order chi connectivity index (χ1) is 18.8. The fourth-order valence-corrected chi connectivity index (χ4v) is 5.62. The number of halogens is 1. The van der Waals surface area contributed by atoms with Gasteiger partial charge < -0.3 is 14.4 Å². The van der Waals surface area contributed by atoms with Crippen molar-refractivity contribution in [3.63, 3.8) is 0 Å². The highest BCUT2D eigenvalue weighted by Gasteiger charge is 2.45. The highest BCUT2D eigenvalue weighted by Crippen LogP contribution is 2.33. The van der Waals surface area contributed by atoms with E-state index in [1.807, 2.05) is 31.2 Å². The average Bonchev–Trinajstić information content (AvgIpc) is 3.49. The number of fused-ring (bicyclic) bond motifs is 1. The van der Waals surface area contributed by atoms with Gasteiger partial charge in [-0.05, 0) is 73.2 Å². The van der Waals surface area contributed by atoms with Crippen molar-refractivity contribution >= 4 is 45.0 Å². The summed E-state index contributed by atoms with van der Waals surface area (Å²) in [7, 11) is 2.83. The quantitative estimate of drug-likeness (QED) is 0.233. The van der Waals surface area contributed by atoms with Crippen molar-refractivity contribution in [2.24, 2.45) is 0 Å². The molecule has 4 aromatic rings. The predicted octanol–water partition coefficient (Wildman–Crippen LogP) is 4.80. The zero-order valence-corrected chi connectivity index (χ0v) is 22.4. The smallest absolute Gasteiger partial charge is 0.257 e. The van der Waals surface area contributed by atoms with Gasteiger partial charge in [0.05, 0.1) is 28.9 Å². The number of benzene rings is 3. The van der Waals surface area contributed by atoms with Crippen LogP contribution in [0.15, 0.2) is 66.7 Å². The van der Waals surface area contributed by atoms with E-state index in [-0.39, 0.29) is 18.5 Å². The molecule has 0 radical (unpaired) electrons. The van der Waals surface area contributed by atoms with Gasteiger partial charge >= 0.3 is 0 Å². The second-order valence-electron chi connectivity index (χ2n) is 9.19. The first-order valence-corrected chi connectivity index (χ1v) is 13.1. The lowest BCUT2D eigenvalue weighted by atomic mass is 10.1. The normalized spacial score (nSPS) is 15.5. The van der Waals surface area contributed by atoms with Crippen molar-refractivity contribution in [2.75, 3.05) is 25.7 Å². The van der Waals surface area contributed by atoms with Crippen LogP contribution in [-0.4, -0.2) is 60.7 Å². The number of hydrogen-bond donors (Lipinski definition) is 0. The first-order valence-electron chi connectivity index (χ1n) is 12.3. The van der Waals surface area contributed by atoms with E-state index in [4.69, 9.17) is 14.5 Å². The van der Waals surface area contributed by atoms with Gasteiger partial charge in [0, 0.05) is 25.3 Å². The summed E-state index contributed by atoms with van der Waals surface area (Å²) in [5, 5.41) is 0.834. The van der Waals surface area contributed by atoms with Crippen molar-refractivity contribution in [1.82, 2.24) is 9.88 Å². The maximum absolute atomic E-state index is 13.6. The Morgan fingerprint density at radius 3 is 2.44 bits per heavy atom. The molecule has 200 valence electrons. The molecular formula is C29H26FN3O5S. The molecule has 0 saturated carbocycles. The molecule has 39 heavy (non-hydrogen) atoms. The van der Waals surface area contributed by atoms with Gasteiger partial charge in [-0.25, -0.2) is 14.3 Å². The van der Waals surface area contributed by atoms with Crippen molar-refractivity contribution in [3.05, 3.63) is 83.7 Å². The molecule has 3 aromatic carbocycles. The van der Waals surface area contributed by atoms with E-state index in [0.29, 0.717) is 5.69 Å². The van der Waals surface area contributed by atoms with Crippen LogP contribution in [0, 0.1) is 12.7 Å². The number of hydrogen-bond acceptors (Lipinski definition) is 7. The van der Waals surface area contributed by atoms with Crippen LogP contribution in [0.1, 0.15) is 22.3 Å². The average molecular weight is 548 g/mol. The molecule has 0 aliphatic carbocycles. The number of thiazole rings is 1. The van der Waals surface area contributed by atoms with Crippen molar-refractivity contribution < 1.29 is 28.2 Å². The molecule has 5 rings (SSSR count). The van der Waals surface area contributed by atoms with Crippen LogP contribution in [0.3, 0.4) is 0 Å². The minimum absolute atomic E-state index is 0.100. The number of nitrogens with zero attached hydrogens (tertiary/aromatic N) is 3. The summed E-state index contributed by atoms with van der Waals surface area (Å²) in [5.74, 6) is -2.00. The van der Waals surface area contributed by atoms with Gasteiger partial charge in [0.15, 0.2) is 6.29 Å². The molecular weight excluding hydrogens is 521 g/mol. The number of aryl methyl sites for hydroxylation is 1. The largest absolute Gasteiger partial charge is 0.354 e. The third-order valence-electron chi connectivity index (χ3n) is 6.64. The molecule has 1 saturated heterocycles. The Morgan fingerprint density at radius 2 is 1.77 bits per heavy atom. The van der Waals surface area contributed by atoms with Crippen LogP contribution in [0.25, 0.3) is 20.8 Å². The summed E-state index contributed by atoms with van der Waals surface area (Å²) in [6.45, 7) is 1.93. The van der Waals surface area contributed by atoms with E-state index in [1.165, 1.54) is 31.3 Å². The molecule has 3 amide bonds. The Balaban J connectivity index is 1.41. The number of ether oxygens (including phenoxy) is 2. The second kappa shape index (κ2) is 11.0. The van der Waals surface area contributed by atoms with Gasteiger partial charge in [-0.15, -0.1) is 11.3 Å². The summed E-state index contributed by atoms with van der Waals surface area (Å²) < 4.78 is 25.1.